The van der Waals surface area contributed by atoms with Gasteiger partial charge < -0.3 is 15.0 Å². The van der Waals surface area contributed by atoms with E-state index in [9.17, 15) is 0 Å². The number of hydrogen-bond acceptors (Lipinski definition) is 2. The van der Waals surface area contributed by atoms with Gasteiger partial charge in [-0.05, 0) is 37.7 Å². The van der Waals surface area contributed by atoms with Gasteiger partial charge in [-0.3, -0.25) is 4.99 Å². The average Bonchev–Trinajstić information content (AvgIpc) is 2.56. The van der Waals surface area contributed by atoms with Crippen LogP contribution >= 0.6 is 24.0 Å². The fourth-order valence-electron chi connectivity index (χ4n) is 3.23. The first kappa shape index (κ1) is 21.2. The number of piperidine rings is 1. The molecule has 136 valence electrons. The molecule has 1 fully saturated rings. The Balaban J connectivity index is 0.00000288. The molecule has 1 heterocycles. The monoisotopic (exact) mass is 445 g/mol. The highest BCUT2D eigenvalue weighted by Crippen LogP contribution is 2.32. The van der Waals surface area contributed by atoms with Crippen molar-refractivity contribution in [1.82, 2.24) is 10.2 Å². The molecule has 0 aliphatic carbocycles. The topological polar surface area (TPSA) is 36.9 Å². The van der Waals surface area contributed by atoms with E-state index in [1.54, 1.807) is 7.11 Å². The second-order valence-electron chi connectivity index (χ2n) is 7.09. The third-order valence-corrected chi connectivity index (χ3v) is 4.87. The van der Waals surface area contributed by atoms with Crippen LogP contribution < -0.4 is 5.32 Å². The predicted octanol–water partition coefficient (Wildman–Crippen LogP) is 3.73. The van der Waals surface area contributed by atoms with Gasteiger partial charge in [0.05, 0.1) is 5.60 Å². The van der Waals surface area contributed by atoms with Gasteiger partial charge in [-0.1, -0.05) is 37.3 Å². The van der Waals surface area contributed by atoms with E-state index < -0.39 is 0 Å². The van der Waals surface area contributed by atoms with Gasteiger partial charge in [-0.15, -0.1) is 24.0 Å². The van der Waals surface area contributed by atoms with Gasteiger partial charge in [0.15, 0.2) is 5.96 Å². The Morgan fingerprint density at radius 2 is 2.00 bits per heavy atom. The maximum atomic E-state index is 5.48. The molecule has 1 N–H and O–H groups in total. The van der Waals surface area contributed by atoms with E-state index in [0.29, 0.717) is 11.8 Å². The first-order valence-electron chi connectivity index (χ1n) is 8.52. The zero-order valence-electron chi connectivity index (χ0n) is 15.6. The quantitative estimate of drug-likeness (QED) is 0.436. The molecule has 0 amide bonds. The number of aliphatic imine (C=N–C) groups is 1. The highest BCUT2D eigenvalue weighted by Gasteiger charge is 2.29. The van der Waals surface area contributed by atoms with Gasteiger partial charge in [0.25, 0.3) is 0 Å². The van der Waals surface area contributed by atoms with Gasteiger partial charge in [-0.25, -0.2) is 0 Å². The first-order valence-corrected chi connectivity index (χ1v) is 8.52. The van der Waals surface area contributed by atoms with E-state index in [4.69, 9.17) is 4.74 Å². The molecule has 1 aromatic carbocycles. The van der Waals surface area contributed by atoms with Gasteiger partial charge in [0.1, 0.15) is 0 Å². The van der Waals surface area contributed by atoms with Crippen molar-refractivity contribution < 1.29 is 4.74 Å². The molecule has 2 rings (SSSR count). The Morgan fingerprint density at radius 3 is 2.54 bits per heavy atom. The van der Waals surface area contributed by atoms with Crippen molar-refractivity contribution in [2.24, 2.45) is 10.9 Å². The third-order valence-electron chi connectivity index (χ3n) is 4.87. The zero-order chi connectivity index (χ0) is 16.9. The highest BCUT2D eigenvalue weighted by molar-refractivity contribution is 14.0. The molecule has 1 aromatic rings. The van der Waals surface area contributed by atoms with Crippen LogP contribution in [0.5, 0.6) is 0 Å². The van der Waals surface area contributed by atoms with Crippen LogP contribution in [0.1, 0.15) is 38.7 Å². The summed E-state index contributed by atoms with van der Waals surface area (Å²) in [6.45, 7) is 9.33. The molecule has 0 bridgehead atoms. The third kappa shape index (κ3) is 5.62. The number of benzene rings is 1. The number of nitrogens with zero attached hydrogens (tertiary/aromatic N) is 2. The Hall–Kier alpha value is -0.820. The lowest BCUT2D eigenvalue weighted by Crippen LogP contribution is -2.51. The van der Waals surface area contributed by atoms with E-state index in [2.05, 4.69) is 66.3 Å². The van der Waals surface area contributed by atoms with E-state index >= 15 is 0 Å². The second kappa shape index (κ2) is 9.61. The van der Waals surface area contributed by atoms with Crippen LogP contribution in [0.2, 0.25) is 0 Å². The summed E-state index contributed by atoms with van der Waals surface area (Å²) in [6.07, 6.45) is 1.17. The number of nitrogens with one attached hydrogen (secondary N) is 1. The summed E-state index contributed by atoms with van der Waals surface area (Å²) in [5, 5.41) is 3.46. The lowest BCUT2D eigenvalue weighted by molar-refractivity contribution is 0.0261. The lowest BCUT2D eigenvalue weighted by Gasteiger charge is -2.39. The SMILES string of the molecule is CN=C(NCC(C)(C)OC)N1CCC(c2ccccc2)C(C)C1.I. The Morgan fingerprint density at radius 1 is 1.33 bits per heavy atom. The summed E-state index contributed by atoms with van der Waals surface area (Å²) in [5.74, 6) is 2.23. The van der Waals surface area contributed by atoms with Crippen LogP contribution in [0.3, 0.4) is 0 Å². The molecule has 1 aliphatic heterocycles. The summed E-state index contributed by atoms with van der Waals surface area (Å²) in [4.78, 5) is 6.83. The fourth-order valence-corrected chi connectivity index (χ4v) is 3.23. The Labute approximate surface area is 164 Å². The Bertz CT molecular complexity index is 519. The molecule has 2 unspecified atom stereocenters. The standard InChI is InChI=1S/C19H31N3O.HI/c1-15-13-22(18(20-4)21-14-19(2,3)23-5)12-11-17(15)16-9-7-6-8-10-16;/h6-10,15,17H,11-14H2,1-5H3,(H,20,21);1H. The normalized spacial score (nSPS) is 22.0. The Kier molecular flexibility index (Phi) is 8.50. The molecule has 1 saturated heterocycles. The number of guanidine groups is 1. The molecule has 5 heteroatoms. The number of rotatable bonds is 4. The van der Waals surface area contributed by atoms with Gasteiger partial charge in [0.2, 0.25) is 0 Å². The van der Waals surface area contributed by atoms with Crippen molar-refractivity contribution in [2.75, 3.05) is 33.8 Å². The first-order chi connectivity index (χ1) is 11.0. The van der Waals surface area contributed by atoms with E-state index in [-0.39, 0.29) is 29.6 Å². The smallest absolute Gasteiger partial charge is 0.193 e. The van der Waals surface area contributed by atoms with E-state index in [1.165, 1.54) is 12.0 Å². The van der Waals surface area contributed by atoms with Crippen LogP contribution in [0.25, 0.3) is 0 Å². The van der Waals surface area contributed by atoms with Crippen LogP contribution in [0.4, 0.5) is 0 Å². The molecule has 24 heavy (non-hydrogen) atoms. The number of ether oxygens (including phenoxy) is 1. The largest absolute Gasteiger partial charge is 0.377 e. The summed E-state index contributed by atoms with van der Waals surface area (Å²) in [6, 6.07) is 10.9. The average molecular weight is 445 g/mol. The minimum absolute atomic E-state index is 0. The van der Waals surface area contributed by atoms with Crippen molar-refractivity contribution in [3.05, 3.63) is 35.9 Å². The molecule has 0 saturated carbocycles. The molecular formula is C19H32IN3O. The van der Waals surface area contributed by atoms with Crippen LogP contribution in [0.15, 0.2) is 35.3 Å². The zero-order valence-corrected chi connectivity index (χ0v) is 17.9. The summed E-state index contributed by atoms with van der Waals surface area (Å²) in [5.41, 5.74) is 1.27. The lowest BCUT2D eigenvalue weighted by atomic mass is 9.82. The van der Waals surface area contributed by atoms with E-state index in [1.807, 2.05) is 7.05 Å². The minimum Gasteiger partial charge on any atom is -0.377 e. The molecular weight excluding hydrogens is 413 g/mol. The molecule has 0 aromatic heterocycles. The number of halogens is 1. The van der Waals surface area contributed by atoms with E-state index in [0.717, 1.165) is 25.6 Å². The molecule has 4 nitrogen and oxygen atoms in total. The molecule has 0 radical (unpaired) electrons. The van der Waals surface area contributed by atoms with Crippen molar-refractivity contribution in [2.45, 2.75) is 38.7 Å². The molecule has 0 spiro atoms. The van der Waals surface area contributed by atoms with Crippen LogP contribution in [0, 0.1) is 5.92 Å². The summed E-state index contributed by atoms with van der Waals surface area (Å²) >= 11 is 0. The number of likely N-dealkylation sites (tertiary alicyclic amines) is 1. The van der Waals surface area contributed by atoms with Crippen molar-refractivity contribution in [1.29, 1.82) is 0 Å². The maximum Gasteiger partial charge on any atom is 0.193 e. The highest BCUT2D eigenvalue weighted by atomic mass is 127. The molecule has 1 aliphatic rings. The maximum absolute atomic E-state index is 5.48. The molecule has 2 atom stereocenters. The minimum atomic E-state index is -0.191. The van der Waals surface area contributed by atoms with Crippen LogP contribution in [-0.4, -0.2) is 50.3 Å². The van der Waals surface area contributed by atoms with Crippen molar-refractivity contribution in [3.63, 3.8) is 0 Å². The van der Waals surface area contributed by atoms with Gasteiger partial charge >= 0.3 is 0 Å². The number of methoxy groups -OCH3 is 1. The summed E-state index contributed by atoms with van der Waals surface area (Å²) in [7, 11) is 3.61. The second-order valence-corrected chi connectivity index (χ2v) is 7.09. The van der Waals surface area contributed by atoms with Crippen molar-refractivity contribution in [3.8, 4) is 0 Å². The van der Waals surface area contributed by atoms with Gasteiger partial charge in [-0.2, -0.15) is 0 Å². The van der Waals surface area contributed by atoms with Gasteiger partial charge in [0, 0.05) is 33.8 Å². The number of hydrogen-bond donors (Lipinski definition) is 1. The van der Waals surface area contributed by atoms with Crippen molar-refractivity contribution >= 4 is 29.9 Å². The van der Waals surface area contributed by atoms with Crippen LogP contribution in [-0.2, 0) is 4.74 Å². The summed E-state index contributed by atoms with van der Waals surface area (Å²) < 4.78 is 5.48. The fraction of sp³-hybridized carbons (Fsp3) is 0.632. The predicted molar refractivity (Wildman–Crippen MR) is 112 cm³/mol.